The van der Waals surface area contributed by atoms with E-state index in [1.165, 1.54) is 4.90 Å². The standard InChI is InChI=1S/C27H27N3O4/c1-5-34-23-12-7-6-11-22(23)28-25-24(18-13-15-21(33-4)16-14-18)26(31)30(27(25)32)20-10-8-9-19(17-20)29(2)3/h6-17,28H,5H2,1-4H3. The molecule has 0 bridgehead atoms. The second kappa shape index (κ2) is 9.70. The van der Waals surface area contributed by atoms with Crippen molar-refractivity contribution in [1.82, 2.24) is 0 Å². The van der Waals surface area contributed by atoms with E-state index in [-0.39, 0.29) is 11.3 Å². The topological polar surface area (TPSA) is 71.1 Å². The van der Waals surface area contributed by atoms with Crippen molar-refractivity contribution in [2.45, 2.75) is 6.92 Å². The van der Waals surface area contributed by atoms with Gasteiger partial charge in [-0.3, -0.25) is 9.59 Å². The fourth-order valence-corrected chi connectivity index (χ4v) is 3.80. The number of para-hydroxylation sites is 2. The summed E-state index contributed by atoms with van der Waals surface area (Å²) in [6, 6.07) is 21.7. The Bertz CT molecular complexity index is 1250. The summed E-state index contributed by atoms with van der Waals surface area (Å²) in [5.74, 6) is 0.424. The molecule has 0 spiro atoms. The van der Waals surface area contributed by atoms with Gasteiger partial charge in [0.2, 0.25) is 0 Å². The Labute approximate surface area is 199 Å². The van der Waals surface area contributed by atoms with Crippen molar-refractivity contribution in [3.05, 3.63) is 84.1 Å². The molecule has 1 N–H and O–H groups in total. The molecule has 3 aromatic carbocycles. The lowest BCUT2D eigenvalue weighted by Crippen LogP contribution is -2.32. The molecule has 0 fully saturated rings. The van der Waals surface area contributed by atoms with E-state index in [2.05, 4.69) is 5.32 Å². The number of amides is 2. The maximum absolute atomic E-state index is 13.7. The van der Waals surface area contributed by atoms with Gasteiger partial charge in [-0.2, -0.15) is 0 Å². The predicted molar refractivity (Wildman–Crippen MR) is 134 cm³/mol. The predicted octanol–water partition coefficient (Wildman–Crippen LogP) is 4.56. The number of carbonyl (C=O) groups is 2. The van der Waals surface area contributed by atoms with Crippen LogP contribution in [0.5, 0.6) is 11.5 Å². The molecule has 7 heteroatoms. The average Bonchev–Trinajstić information content (AvgIpc) is 3.09. The Hall–Kier alpha value is -4.26. The van der Waals surface area contributed by atoms with E-state index in [1.807, 2.05) is 68.4 Å². The van der Waals surface area contributed by atoms with E-state index in [9.17, 15) is 9.59 Å². The summed E-state index contributed by atoms with van der Waals surface area (Å²) in [4.78, 5) is 30.5. The van der Waals surface area contributed by atoms with Gasteiger partial charge in [0.1, 0.15) is 17.2 Å². The third kappa shape index (κ3) is 4.32. The van der Waals surface area contributed by atoms with E-state index >= 15 is 0 Å². The molecule has 34 heavy (non-hydrogen) atoms. The fourth-order valence-electron chi connectivity index (χ4n) is 3.80. The van der Waals surface area contributed by atoms with Crippen molar-refractivity contribution in [2.24, 2.45) is 0 Å². The Morgan fingerprint density at radius 3 is 2.32 bits per heavy atom. The van der Waals surface area contributed by atoms with Crippen molar-refractivity contribution in [2.75, 3.05) is 42.9 Å². The highest BCUT2D eigenvalue weighted by atomic mass is 16.5. The zero-order valence-electron chi connectivity index (χ0n) is 19.7. The Morgan fingerprint density at radius 1 is 0.912 bits per heavy atom. The molecule has 0 unspecified atom stereocenters. The van der Waals surface area contributed by atoms with Gasteiger partial charge in [0.25, 0.3) is 11.8 Å². The van der Waals surface area contributed by atoms with Gasteiger partial charge in [0.05, 0.1) is 30.7 Å². The number of rotatable bonds is 8. The zero-order chi connectivity index (χ0) is 24.2. The molecule has 0 saturated carbocycles. The molecule has 3 aromatic rings. The number of benzene rings is 3. The summed E-state index contributed by atoms with van der Waals surface area (Å²) in [7, 11) is 5.40. The van der Waals surface area contributed by atoms with Crippen molar-refractivity contribution < 1.29 is 19.1 Å². The minimum absolute atomic E-state index is 0.192. The maximum atomic E-state index is 13.7. The monoisotopic (exact) mass is 457 g/mol. The number of nitrogens with zero attached hydrogens (tertiary/aromatic N) is 2. The largest absolute Gasteiger partial charge is 0.497 e. The van der Waals surface area contributed by atoms with Crippen LogP contribution in [0.3, 0.4) is 0 Å². The van der Waals surface area contributed by atoms with Crippen molar-refractivity contribution in [1.29, 1.82) is 0 Å². The number of imide groups is 1. The summed E-state index contributed by atoms with van der Waals surface area (Å²) in [5.41, 5.74) is 3.08. The van der Waals surface area contributed by atoms with Gasteiger partial charge in [0, 0.05) is 19.8 Å². The first kappa shape index (κ1) is 22.9. The highest BCUT2D eigenvalue weighted by Crippen LogP contribution is 2.36. The molecule has 1 heterocycles. The first-order valence-corrected chi connectivity index (χ1v) is 11.0. The molecular formula is C27H27N3O4. The molecular weight excluding hydrogens is 430 g/mol. The van der Waals surface area contributed by atoms with Crippen LogP contribution in [0, 0.1) is 0 Å². The van der Waals surface area contributed by atoms with Crippen LogP contribution in [0.2, 0.25) is 0 Å². The van der Waals surface area contributed by atoms with Gasteiger partial charge >= 0.3 is 0 Å². The summed E-state index contributed by atoms with van der Waals surface area (Å²) in [6.45, 7) is 2.36. The quantitative estimate of drug-likeness (QED) is 0.500. The number of methoxy groups -OCH3 is 1. The van der Waals surface area contributed by atoms with E-state index in [1.54, 1.807) is 37.4 Å². The highest BCUT2D eigenvalue weighted by molar-refractivity contribution is 6.46. The number of hydrogen-bond acceptors (Lipinski definition) is 6. The first-order valence-electron chi connectivity index (χ1n) is 11.0. The number of anilines is 3. The summed E-state index contributed by atoms with van der Waals surface area (Å²) >= 11 is 0. The summed E-state index contributed by atoms with van der Waals surface area (Å²) in [6.07, 6.45) is 0. The van der Waals surface area contributed by atoms with Crippen LogP contribution >= 0.6 is 0 Å². The molecule has 0 atom stereocenters. The number of nitrogens with one attached hydrogen (secondary N) is 1. The van der Waals surface area contributed by atoms with E-state index in [4.69, 9.17) is 9.47 Å². The SMILES string of the molecule is CCOc1ccccc1NC1=C(c2ccc(OC)cc2)C(=O)N(c2cccc(N(C)C)c2)C1=O. The summed E-state index contributed by atoms with van der Waals surface area (Å²) < 4.78 is 11.0. The maximum Gasteiger partial charge on any atom is 0.282 e. The van der Waals surface area contributed by atoms with Crippen molar-refractivity contribution >= 4 is 34.4 Å². The lowest BCUT2D eigenvalue weighted by molar-refractivity contribution is -0.120. The lowest BCUT2D eigenvalue weighted by atomic mass is 10.0. The van der Waals surface area contributed by atoms with Gasteiger partial charge in [0.15, 0.2) is 0 Å². The van der Waals surface area contributed by atoms with Crippen LogP contribution in [0.1, 0.15) is 12.5 Å². The molecule has 1 aliphatic heterocycles. The second-order valence-corrected chi connectivity index (χ2v) is 7.89. The Kier molecular flexibility index (Phi) is 6.54. The number of carbonyl (C=O) groups excluding carboxylic acids is 2. The molecule has 2 amide bonds. The highest BCUT2D eigenvalue weighted by Gasteiger charge is 2.40. The van der Waals surface area contributed by atoms with Crippen molar-refractivity contribution in [3.8, 4) is 11.5 Å². The molecule has 1 aliphatic rings. The van der Waals surface area contributed by atoms with Crippen LogP contribution in [0.15, 0.2) is 78.5 Å². The van der Waals surface area contributed by atoms with Crippen molar-refractivity contribution in [3.63, 3.8) is 0 Å². The van der Waals surface area contributed by atoms with E-state index in [0.717, 1.165) is 5.69 Å². The summed E-state index contributed by atoms with van der Waals surface area (Å²) in [5, 5.41) is 3.19. The third-order valence-electron chi connectivity index (χ3n) is 5.51. The first-order chi connectivity index (χ1) is 16.4. The smallest absolute Gasteiger partial charge is 0.282 e. The van der Waals surface area contributed by atoms with Gasteiger partial charge in [-0.15, -0.1) is 0 Å². The van der Waals surface area contributed by atoms with Gasteiger partial charge in [-0.05, 0) is 55.0 Å². The van der Waals surface area contributed by atoms with Crippen LogP contribution in [-0.4, -0.2) is 39.6 Å². The molecule has 0 radical (unpaired) electrons. The van der Waals surface area contributed by atoms with Gasteiger partial charge in [-0.25, -0.2) is 4.90 Å². The van der Waals surface area contributed by atoms with Crippen LogP contribution < -0.4 is 24.6 Å². The third-order valence-corrected chi connectivity index (χ3v) is 5.51. The van der Waals surface area contributed by atoms with E-state index < -0.39 is 11.8 Å². The van der Waals surface area contributed by atoms with Crippen LogP contribution in [-0.2, 0) is 9.59 Å². The lowest BCUT2D eigenvalue weighted by Gasteiger charge is -2.19. The Morgan fingerprint density at radius 2 is 1.65 bits per heavy atom. The molecule has 0 aliphatic carbocycles. The molecule has 0 saturated heterocycles. The average molecular weight is 458 g/mol. The van der Waals surface area contributed by atoms with Gasteiger partial charge in [-0.1, -0.05) is 30.3 Å². The minimum Gasteiger partial charge on any atom is -0.497 e. The number of ether oxygens (including phenoxy) is 2. The molecule has 174 valence electrons. The molecule has 4 rings (SSSR count). The number of hydrogen-bond donors (Lipinski definition) is 1. The fraction of sp³-hybridized carbons (Fsp3) is 0.185. The van der Waals surface area contributed by atoms with E-state index in [0.29, 0.717) is 35.0 Å². The van der Waals surface area contributed by atoms with Crippen LogP contribution in [0.4, 0.5) is 17.1 Å². The normalized spacial score (nSPS) is 13.4. The molecule has 0 aromatic heterocycles. The second-order valence-electron chi connectivity index (χ2n) is 7.89. The molecule has 7 nitrogen and oxygen atoms in total. The zero-order valence-corrected chi connectivity index (χ0v) is 19.7. The van der Waals surface area contributed by atoms with Gasteiger partial charge < -0.3 is 19.7 Å². The Balaban J connectivity index is 1.82. The van der Waals surface area contributed by atoms with Crippen LogP contribution in [0.25, 0.3) is 5.57 Å². The minimum atomic E-state index is -0.432.